The fourth-order valence-corrected chi connectivity index (χ4v) is 4.74. The van der Waals surface area contributed by atoms with Gasteiger partial charge < -0.3 is 14.5 Å². The second kappa shape index (κ2) is 7.86. The van der Waals surface area contributed by atoms with Gasteiger partial charge >= 0.3 is 0 Å². The van der Waals surface area contributed by atoms with Gasteiger partial charge in [-0.1, -0.05) is 12.1 Å². The molecule has 0 aromatic heterocycles. The first-order valence-corrected chi connectivity index (χ1v) is 9.94. The SMILES string of the molecule is COc1ccccc1N(CCC(=O)N(C)C1CCS(=O)(=O)C1)C(C)=O. The van der Waals surface area contributed by atoms with Crippen molar-refractivity contribution in [3.05, 3.63) is 24.3 Å². The van der Waals surface area contributed by atoms with Gasteiger partial charge in [-0.15, -0.1) is 0 Å². The summed E-state index contributed by atoms with van der Waals surface area (Å²) in [4.78, 5) is 27.4. The molecule has 0 bridgehead atoms. The molecule has 1 fully saturated rings. The number of methoxy groups -OCH3 is 1. The molecule has 25 heavy (non-hydrogen) atoms. The van der Waals surface area contributed by atoms with Crippen molar-refractivity contribution in [3.63, 3.8) is 0 Å². The maximum Gasteiger partial charge on any atom is 0.224 e. The molecule has 7 nitrogen and oxygen atoms in total. The third kappa shape index (κ3) is 4.72. The number of hydrogen-bond donors (Lipinski definition) is 0. The number of rotatable bonds is 6. The first kappa shape index (κ1) is 19.2. The molecule has 0 aliphatic carbocycles. The van der Waals surface area contributed by atoms with Crippen molar-refractivity contribution in [2.75, 3.05) is 37.1 Å². The van der Waals surface area contributed by atoms with Gasteiger partial charge in [0, 0.05) is 33.0 Å². The molecule has 0 spiro atoms. The Morgan fingerprint density at radius 1 is 1.28 bits per heavy atom. The van der Waals surface area contributed by atoms with E-state index in [1.54, 1.807) is 31.3 Å². The van der Waals surface area contributed by atoms with Gasteiger partial charge in [0.1, 0.15) is 5.75 Å². The van der Waals surface area contributed by atoms with Gasteiger partial charge in [-0.3, -0.25) is 9.59 Å². The zero-order valence-electron chi connectivity index (χ0n) is 14.8. The monoisotopic (exact) mass is 368 g/mol. The Balaban J connectivity index is 2.04. The number of anilines is 1. The van der Waals surface area contributed by atoms with E-state index in [1.807, 2.05) is 0 Å². The van der Waals surface area contributed by atoms with Crippen molar-refractivity contribution in [3.8, 4) is 5.75 Å². The maximum absolute atomic E-state index is 12.4. The second-order valence-corrected chi connectivity index (χ2v) is 8.38. The normalized spacial score (nSPS) is 18.6. The lowest BCUT2D eigenvalue weighted by Gasteiger charge is -2.26. The Labute approximate surface area is 148 Å². The van der Waals surface area contributed by atoms with Crippen molar-refractivity contribution in [1.29, 1.82) is 0 Å². The largest absolute Gasteiger partial charge is 0.495 e. The highest BCUT2D eigenvalue weighted by molar-refractivity contribution is 7.91. The van der Waals surface area contributed by atoms with Gasteiger partial charge in [0.25, 0.3) is 0 Å². The molecule has 1 aliphatic rings. The van der Waals surface area contributed by atoms with Crippen LogP contribution in [0.2, 0.25) is 0 Å². The molecule has 1 unspecified atom stereocenters. The smallest absolute Gasteiger partial charge is 0.224 e. The molecular weight excluding hydrogens is 344 g/mol. The van der Waals surface area contributed by atoms with Crippen molar-refractivity contribution in [2.24, 2.45) is 0 Å². The van der Waals surface area contributed by atoms with Crippen LogP contribution in [0.3, 0.4) is 0 Å². The van der Waals surface area contributed by atoms with Crippen LogP contribution in [0.4, 0.5) is 5.69 Å². The Kier molecular flexibility index (Phi) is 6.05. The van der Waals surface area contributed by atoms with E-state index in [0.29, 0.717) is 17.9 Å². The van der Waals surface area contributed by atoms with Gasteiger partial charge in [0.05, 0.1) is 24.3 Å². The molecule has 2 rings (SSSR count). The molecular formula is C17H24N2O5S. The highest BCUT2D eigenvalue weighted by Gasteiger charge is 2.32. The van der Waals surface area contributed by atoms with E-state index in [2.05, 4.69) is 0 Å². The van der Waals surface area contributed by atoms with Crippen molar-refractivity contribution >= 4 is 27.3 Å². The summed E-state index contributed by atoms with van der Waals surface area (Å²) < 4.78 is 28.4. The van der Waals surface area contributed by atoms with E-state index in [4.69, 9.17) is 4.74 Å². The molecule has 8 heteroatoms. The lowest BCUT2D eigenvalue weighted by Crippen LogP contribution is -2.40. The van der Waals surface area contributed by atoms with Crippen molar-refractivity contribution < 1.29 is 22.7 Å². The summed E-state index contributed by atoms with van der Waals surface area (Å²) in [6, 6.07) is 6.83. The third-order valence-corrected chi connectivity index (χ3v) is 6.21. The quantitative estimate of drug-likeness (QED) is 0.750. The molecule has 1 saturated heterocycles. The van der Waals surface area contributed by atoms with Gasteiger partial charge in [0.15, 0.2) is 9.84 Å². The molecule has 1 aliphatic heterocycles. The maximum atomic E-state index is 12.4. The molecule has 0 saturated carbocycles. The summed E-state index contributed by atoms with van der Waals surface area (Å²) in [5, 5.41) is 0. The lowest BCUT2D eigenvalue weighted by atomic mass is 10.2. The molecule has 1 aromatic rings. The summed E-state index contributed by atoms with van der Waals surface area (Å²) in [6.07, 6.45) is 0.582. The van der Waals surface area contributed by atoms with E-state index in [0.717, 1.165) is 0 Å². The lowest BCUT2D eigenvalue weighted by molar-refractivity contribution is -0.131. The first-order valence-electron chi connectivity index (χ1n) is 8.12. The molecule has 138 valence electrons. The number of sulfone groups is 1. The molecule has 0 N–H and O–H groups in total. The number of ether oxygens (including phenoxy) is 1. The van der Waals surface area contributed by atoms with E-state index in [-0.39, 0.29) is 42.3 Å². The predicted molar refractivity (Wildman–Crippen MR) is 95.5 cm³/mol. The Hall–Kier alpha value is -2.09. The molecule has 0 radical (unpaired) electrons. The van der Waals surface area contributed by atoms with Crippen LogP contribution in [0.5, 0.6) is 5.75 Å². The molecule has 1 aromatic carbocycles. The zero-order valence-corrected chi connectivity index (χ0v) is 15.6. The van der Waals surface area contributed by atoms with Crippen LogP contribution >= 0.6 is 0 Å². The summed E-state index contributed by atoms with van der Waals surface area (Å²) in [5.41, 5.74) is 0.608. The van der Waals surface area contributed by atoms with Crippen LogP contribution in [0, 0.1) is 0 Å². The summed E-state index contributed by atoms with van der Waals surface area (Å²) >= 11 is 0. The highest BCUT2D eigenvalue weighted by Crippen LogP contribution is 2.28. The van der Waals surface area contributed by atoms with Gasteiger partial charge in [-0.25, -0.2) is 8.42 Å². The average molecular weight is 368 g/mol. The molecule has 2 amide bonds. The van der Waals surface area contributed by atoms with Crippen LogP contribution in [-0.2, 0) is 19.4 Å². The Morgan fingerprint density at radius 2 is 1.96 bits per heavy atom. The number of carbonyl (C=O) groups excluding carboxylic acids is 2. The fourth-order valence-electron chi connectivity index (χ4n) is 2.97. The van der Waals surface area contributed by atoms with E-state index in [1.165, 1.54) is 23.8 Å². The topological polar surface area (TPSA) is 84.0 Å². The van der Waals surface area contributed by atoms with Crippen LogP contribution in [-0.4, -0.2) is 63.4 Å². The summed E-state index contributed by atoms with van der Waals surface area (Å²) in [7, 11) is 0.0988. The summed E-state index contributed by atoms with van der Waals surface area (Å²) in [6.45, 7) is 1.64. The van der Waals surface area contributed by atoms with Crippen molar-refractivity contribution in [1.82, 2.24) is 4.90 Å². The fraction of sp³-hybridized carbons (Fsp3) is 0.529. The first-order chi connectivity index (χ1) is 11.7. The number of para-hydroxylation sites is 2. The third-order valence-electron chi connectivity index (χ3n) is 4.45. The number of amides is 2. The van der Waals surface area contributed by atoms with Crippen LogP contribution < -0.4 is 9.64 Å². The predicted octanol–water partition coefficient (Wildman–Crippen LogP) is 1.08. The average Bonchev–Trinajstić information content (AvgIpc) is 2.94. The van der Waals surface area contributed by atoms with Gasteiger partial charge in [-0.2, -0.15) is 0 Å². The van der Waals surface area contributed by atoms with Crippen LogP contribution in [0.25, 0.3) is 0 Å². The summed E-state index contributed by atoms with van der Waals surface area (Å²) in [5.74, 6) is 0.320. The number of carbonyl (C=O) groups is 2. The van der Waals surface area contributed by atoms with Gasteiger partial charge in [-0.05, 0) is 18.6 Å². The van der Waals surface area contributed by atoms with Crippen LogP contribution in [0.15, 0.2) is 24.3 Å². The minimum absolute atomic E-state index is 0.0121. The van der Waals surface area contributed by atoms with E-state index in [9.17, 15) is 18.0 Å². The zero-order chi connectivity index (χ0) is 18.6. The van der Waals surface area contributed by atoms with Gasteiger partial charge in [0.2, 0.25) is 11.8 Å². The Bertz CT molecular complexity index is 747. The Morgan fingerprint density at radius 3 is 2.52 bits per heavy atom. The minimum atomic E-state index is -3.05. The van der Waals surface area contributed by atoms with E-state index < -0.39 is 9.84 Å². The van der Waals surface area contributed by atoms with Crippen LogP contribution in [0.1, 0.15) is 19.8 Å². The number of hydrogen-bond acceptors (Lipinski definition) is 5. The van der Waals surface area contributed by atoms with Crippen molar-refractivity contribution in [2.45, 2.75) is 25.8 Å². The second-order valence-electron chi connectivity index (χ2n) is 6.15. The molecule has 1 heterocycles. The highest BCUT2D eigenvalue weighted by atomic mass is 32.2. The molecule has 1 atom stereocenters. The van der Waals surface area contributed by atoms with E-state index >= 15 is 0 Å². The number of nitrogens with zero attached hydrogens (tertiary/aromatic N) is 2. The number of benzene rings is 1. The minimum Gasteiger partial charge on any atom is -0.495 e. The standard InChI is InChI=1S/C17H24N2O5S/c1-13(20)19(15-6-4-5-7-16(15)24-3)10-8-17(21)18(2)14-9-11-25(22,23)12-14/h4-7,14H,8-12H2,1-3H3.